The Balaban J connectivity index is 0.00000363. The molecular formula is C23H32ClIN6O. The first kappa shape index (κ1) is 26.2. The normalized spacial score (nSPS) is 14.0. The number of aromatic nitrogens is 1. The lowest BCUT2D eigenvalue weighted by Crippen LogP contribution is -2.49. The Labute approximate surface area is 212 Å². The summed E-state index contributed by atoms with van der Waals surface area (Å²) in [5, 5.41) is 7.30. The number of anilines is 1. The monoisotopic (exact) mass is 570 g/mol. The van der Waals surface area contributed by atoms with E-state index in [-0.39, 0.29) is 29.9 Å². The van der Waals surface area contributed by atoms with Crippen molar-refractivity contribution in [3.63, 3.8) is 0 Å². The molecule has 0 saturated carbocycles. The zero-order chi connectivity index (χ0) is 21.9. The van der Waals surface area contributed by atoms with Gasteiger partial charge >= 0.3 is 0 Å². The van der Waals surface area contributed by atoms with Crippen molar-refractivity contribution >= 4 is 53.3 Å². The standard InChI is InChI=1S/C23H31ClN6O.HI/c1-2-25-23(27-12-9-19-6-5-7-20(24)18-19)28-13-10-22(31)30-16-14-29(15-17-30)21-8-3-4-11-26-21;/h3-8,11,18H,2,9-10,12-17H2,1H3,(H2,25,27,28);1H. The number of hydrogen-bond donors (Lipinski definition) is 2. The highest BCUT2D eigenvalue weighted by molar-refractivity contribution is 14.0. The molecule has 0 radical (unpaired) electrons. The average molecular weight is 571 g/mol. The Kier molecular flexibility index (Phi) is 11.6. The van der Waals surface area contributed by atoms with E-state index in [9.17, 15) is 4.79 Å². The maximum atomic E-state index is 12.6. The molecule has 1 saturated heterocycles. The summed E-state index contributed by atoms with van der Waals surface area (Å²) in [7, 11) is 0. The lowest BCUT2D eigenvalue weighted by Gasteiger charge is -2.35. The predicted molar refractivity (Wildman–Crippen MR) is 142 cm³/mol. The van der Waals surface area contributed by atoms with Crippen LogP contribution in [0.3, 0.4) is 0 Å². The molecule has 1 aromatic carbocycles. The molecule has 0 aliphatic carbocycles. The van der Waals surface area contributed by atoms with E-state index in [2.05, 4.69) is 31.6 Å². The molecule has 1 aliphatic heterocycles. The third-order valence-electron chi connectivity index (χ3n) is 5.14. The summed E-state index contributed by atoms with van der Waals surface area (Å²) in [5.74, 6) is 1.86. The zero-order valence-electron chi connectivity index (χ0n) is 18.5. The van der Waals surface area contributed by atoms with Gasteiger partial charge in [-0.1, -0.05) is 29.8 Å². The SMILES string of the molecule is CCNC(=NCCC(=O)N1CCN(c2ccccn2)CC1)NCCc1cccc(Cl)c1.I. The van der Waals surface area contributed by atoms with Crippen molar-refractivity contribution < 1.29 is 4.79 Å². The Morgan fingerprint density at radius 1 is 1.12 bits per heavy atom. The molecule has 0 unspecified atom stereocenters. The van der Waals surface area contributed by atoms with Crippen molar-refractivity contribution in [1.82, 2.24) is 20.5 Å². The van der Waals surface area contributed by atoms with E-state index in [1.165, 1.54) is 5.56 Å². The molecule has 2 aromatic rings. The number of nitrogens with one attached hydrogen (secondary N) is 2. The summed E-state index contributed by atoms with van der Waals surface area (Å²) >= 11 is 6.04. The number of carbonyl (C=O) groups is 1. The molecule has 1 fully saturated rings. The maximum Gasteiger partial charge on any atom is 0.224 e. The lowest BCUT2D eigenvalue weighted by atomic mass is 10.1. The highest BCUT2D eigenvalue weighted by Gasteiger charge is 2.21. The van der Waals surface area contributed by atoms with E-state index in [0.717, 1.165) is 62.5 Å². The van der Waals surface area contributed by atoms with E-state index in [1.807, 2.05) is 48.2 Å². The Morgan fingerprint density at radius 3 is 2.62 bits per heavy atom. The number of pyridine rings is 1. The highest BCUT2D eigenvalue weighted by Crippen LogP contribution is 2.13. The van der Waals surface area contributed by atoms with Crippen molar-refractivity contribution in [2.75, 3.05) is 50.7 Å². The number of halogens is 2. The van der Waals surface area contributed by atoms with Gasteiger partial charge in [0.2, 0.25) is 5.91 Å². The third-order valence-corrected chi connectivity index (χ3v) is 5.38. The first-order valence-corrected chi connectivity index (χ1v) is 11.2. The van der Waals surface area contributed by atoms with E-state index in [0.29, 0.717) is 13.0 Å². The number of benzene rings is 1. The second-order valence-electron chi connectivity index (χ2n) is 7.37. The van der Waals surface area contributed by atoms with Crippen LogP contribution in [0.5, 0.6) is 0 Å². The number of hydrogen-bond acceptors (Lipinski definition) is 4. The second-order valence-corrected chi connectivity index (χ2v) is 7.81. The summed E-state index contributed by atoms with van der Waals surface area (Å²) in [5.41, 5.74) is 1.18. The molecule has 32 heavy (non-hydrogen) atoms. The van der Waals surface area contributed by atoms with Gasteiger partial charge in [0.25, 0.3) is 0 Å². The lowest BCUT2D eigenvalue weighted by molar-refractivity contribution is -0.131. The van der Waals surface area contributed by atoms with Gasteiger partial charge in [-0.05, 0) is 43.2 Å². The van der Waals surface area contributed by atoms with Crippen molar-refractivity contribution in [1.29, 1.82) is 0 Å². The number of piperazine rings is 1. The van der Waals surface area contributed by atoms with Gasteiger partial charge in [0.15, 0.2) is 5.96 Å². The van der Waals surface area contributed by atoms with Crippen LogP contribution in [0.25, 0.3) is 0 Å². The van der Waals surface area contributed by atoms with Crippen molar-refractivity contribution in [3.05, 3.63) is 59.2 Å². The molecule has 3 rings (SSSR count). The number of rotatable bonds is 8. The summed E-state index contributed by atoms with van der Waals surface area (Å²) in [6.07, 6.45) is 3.06. The van der Waals surface area contributed by atoms with E-state index < -0.39 is 0 Å². The highest BCUT2D eigenvalue weighted by atomic mass is 127. The van der Waals surface area contributed by atoms with Crippen LogP contribution in [0.15, 0.2) is 53.7 Å². The van der Waals surface area contributed by atoms with Crippen LogP contribution in [0, 0.1) is 0 Å². The molecule has 2 N–H and O–H groups in total. The van der Waals surface area contributed by atoms with E-state index in [1.54, 1.807) is 6.20 Å². The fourth-order valence-electron chi connectivity index (χ4n) is 3.51. The number of nitrogens with zero attached hydrogens (tertiary/aromatic N) is 4. The summed E-state index contributed by atoms with van der Waals surface area (Å²) < 4.78 is 0. The minimum atomic E-state index is 0. The molecule has 7 nitrogen and oxygen atoms in total. The Hall–Kier alpha value is -2.07. The molecule has 0 spiro atoms. The smallest absolute Gasteiger partial charge is 0.224 e. The predicted octanol–water partition coefficient (Wildman–Crippen LogP) is 3.19. The van der Waals surface area contributed by atoms with Crippen LogP contribution in [-0.4, -0.2) is 67.6 Å². The summed E-state index contributed by atoms with van der Waals surface area (Å²) in [4.78, 5) is 25.7. The van der Waals surface area contributed by atoms with E-state index >= 15 is 0 Å². The topological polar surface area (TPSA) is 72.9 Å². The molecule has 1 aromatic heterocycles. The van der Waals surface area contributed by atoms with Gasteiger partial charge in [-0.25, -0.2) is 4.98 Å². The van der Waals surface area contributed by atoms with Gasteiger partial charge in [0, 0.05) is 56.9 Å². The van der Waals surface area contributed by atoms with Gasteiger partial charge in [0.1, 0.15) is 5.82 Å². The largest absolute Gasteiger partial charge is 0.357 e. The summed E-state index contributed by atoms with van der Waals surface area (Å²) in [6.45, 7) is 7.06. The zero-order valence-corrected chi connectivity index (χ0v) is 21.6. The quantitative estimate of drug-likeness (QED) is 0.290. The molecule has 2 heterocycles. The Morgan fingerprint density at radius 2 is 1.94 bits per heavy atom. The van der Waals surface area contributed by atoms with Crippen LogP contribution in [0.2, 0.25) is 5.02 Å². The number of guanidine groups is 1. The van der Waals surface area contributed by atoms with Crippen LogP contribution in [-0.2, 0) is 11.2 Å². The van der Waals surface area contributed by atoms with Gasteiger partial charge in [-0.15, -0.1) is 24.0 Å². The fraction of sp³-hybridized carbons (Fsp3) is 0.435. The van der Waals surface area contributed by atoms with Gasteiger partial charge in [0.05, 0.1) is 6.54 Å². The van der Waals surface area contributed by atoms with Crippen LogP contribution >= 0.6 is 35.6 Å². The number of amides is 1. The number of carbonyl (C=O) groups excluding carboxylic acids is 1. The van der Waals surface area contributed by atoms with Crippen LogP contribution in [0.1, 0.15) is 18.9 Å². The molecule has 0 bridgehead atoms. The molecule has 0 atom stereocenters. The maximum absolute atomic E-state index is 12.6. The van der Waals surface area contributed by atoms with Gasteiger partial charge in [-0.2, -0.15) is 0 Å². The van der Waals surface area contributed by atoms with Crippen LogP contribution in [0.4, 0.5) is 5.82 Å². The van der Waals surface area contributed by atoms with Crippen molar-refractivity contribution in [3.8, 4) is 0 Å². The Bertz CT molecular complexity index is 859. The number of aliphatic imine (C=N–C) groups is 1. The van der Waals surface area contributed by atoms with Crippen LogP contribution < -0.4 is 15.5 Å². The minimum absolute atomic E-state index is 0. The molecule has 1 aliphatic rings. The van der Waals surface area contributed by atoms with Crippen molar-refractivity contribution in [2.24, 2.45) is 4.99 Å². The first-order chi connectivity index (χ1) is 15.2. The average Bonchev–Trinajstić information content (AvgIpc) is 2.80. The molecule has 1 amide bonds. The summed E-state index contributed by atoms with van der Waals surface area (Å²) in [6, 6.07) is 13.8. The minimum Gasteiger partial charge on any atom is -0.357 e. The fourth-order valence-corrected chi connectivity index (χ4v) is 3.72. The van der Waals surface area contributed by atoms with Crippen molar-refractivity contribution in [2.45, 2.75) is 19.8 Å². The molecular weight excluding hydrogens is 539 g/mol. The van der Waals surface area contributed by atoms with E-state index in [4.69, 9.17) is 11.6 Å². The molecule has 174 valence electrons. The third kappa shape index (κ3) is 8.46. The van der Waals surface area contributed by atoms with Gasteiger partial charge in [-0.3, -0.25) is 9.79 Å². The second kappa shape index (κ2) is 14.2. The first-order valence-electron chi connectivity index (χ1n) is 10.9. The molecule has 9 heteroatoms. The van der Waals surface area contributed by atoms with Gasteiger partial charge < -0.3 is 20.4 Å².